The van der Waals surface area contributed by atoms with Gasteiger partial charge in [0.15, 0.2) is 0 Å². The number of amides is 1. The van der Waals surface area contributed by atoms with Crippen LogP contribution >= 0.6 is 12.4 Å². The molecule has 1 aromatic rings. The minimum Gasteiger partial charge on any atom is -0.371 e. The molecular formula is C14H21ClN4O3. The van der Waals surface area contributed by atoms with Gasteiger partial charge in [-0.2, -0.15) is 0 Å². The molecule has 22 heavy (non-hydrogen) atoms. The van der Waals surface area contributed by atoms with E-state index in [1.54, 1.807) is 30.1 Å². The number of likely N-dealkylation sites (N-methyl/N-ethyl adjacent to an activating group) is 1. The Morgan fingerprint density at radius 1 is 1.41 bits per heavy atom. The second kappa shape index (κ2) is 8.55. The highest BCUT2D eigenvalue weighted by molar-refractivity contribution is 5.85. The number of nitrogens with zero attached hydrogens (tertiary/aromatic N) is 2. The van der Waals surface area contributed by atoms with Crippen LogP contribution in [-0.2, 0) is 4.79 Å². The van der Waals surface area contributed by atoms with Crippen LogP contribution in [0.3, 0.4) is 0 Å². The van der Waals surface area contributed by atoms with E-state index in [9.17, 15) is 14.9 Å². The first-order valence-corrected chi connectivity index (χ1v) is 7.03. The number of anilines is 1. The van der Waals surface area contributed by atoms with Crippen molar-refractivity contribution in [2.75, 3.05) is 32.0 Å². The normalized spacial score (nSPS) is 14.8. The lowest BCUT2D eigenvalue weighted by molar-refractivity contribution is -0.383. The molecule has 1 saturated heterocycles. The number of rotatable bonds is 5. The second-order valence-corrected chi connectivity index (χ2v) is 5.11. The molecule has 1 fully saturated rings. The number of hydrogen-bond donors (Lipinski definition) is 2. The Kier molecular flexibility index (Phi) is 7.07. The van der Waals surface area contributed by atoms with Gasteiger partial charge in [0.25, 0.3) is 5.69 Å². The summed E-state index contributed by atoms with van der Waals surface area (Å²) in [5, 5.41) is 17.0. The standard InChI is InChI=1S/C14H20N4O3.ClH/c1-17(11-6-8-15-9-7-11)14(19)10-16-12-4-2-3-5-13(12)18(20)21;/h2-5,11,15-16H,6-10H2,1H3;1H. The number of halogens is 1. The Morgan fingerprint density at radius 3 is 2.68 bits per heavy atom. The van der Waals surface area contributed by atoms with E-state index in [-0.39, 0.29) is 36.6 Å². The number of nitro benzene ring substituents is 1. The number of carbonyl (C=O) groups excluding carboxylic acids is 1. The summed E-state index contributed by atoms with van der Waals surface area (Å²) in [4.78, 5) is 24.4. The molecule has 1 heterocycles. The van der Waals surface area contributed by atoms with Crippen molar-refractivity contribution in [3.8, 4) is 0 Å². The van der Waals surface area contributed by atoms with Crippen molar-refractivity contribution in [2.45, 2.75) is 18.9 Å². The van der Waals surface area contributed by atoms with Gasteiger partial charge < -0.3 is 15.5 Å². The zero-order valence-electron chi connectivity index (χ0n) is 12.4. The van der Waals surface area contributed by atoms with Crippen molar-refractivity contribution in [3.05, 3.63) is 34.4 Å². The molecule has 0 spiro atoms. The Balaban J connectivity index is 0.00000242. The SMILES string of the molecule is CN(C(=O)CNc1ccccc1[N+](=O)[O-])C1CCNCC1.Cl. The fourth-order valence-electron chi connectivity index (χ4n) is 2.48. The highest BCUT2D eigenvalue weighted by Gasteiger charge is 2.22. The predicted octanol–water partition coefficient (Wildman–Crippen LogP) is 1.64. The average Bonchev–Trinajstić information content (AvgIpc) is 2.52. The van der Waals surface area contributed by atoms with Crippen LogP contribution in [0.25, 0.3) is 0 Å². The number of nitro groups is 1. The minimum absolute atomic E-state index is 0. The van der Waals surface area contributed by atoms with Crippen LogP contribution in [0, 0.1) is 10.1 Å². The lowest BCUT2D eigenvalue weighted by Crippen LogP contribution is -2.45. The van der Waals surface area contributed by atoms with E-state index >= 15 is 0 Å². The summed E-state index contributed by atoms with van der Waals surface area (Å²) < 4.78 is 0. The summed E-state index contributed by atoms with van der Waals surface area (Å²) in [5.41, 5.74) is 0.351. The van der Waals surface area contributed by atoms with Crippen molar-refractivity contribution in [2.24, 2.45) is 0 Å². The summed E-state index contributed by atoms with van der Waals surface area (Å²) in [7, 11) is 1.79. The fourth-order valence-corrected chi connectivity index (χ4v) is 2.48. The maximum absolute atomic E-state index is 12.2. The molecule has 2 rings (SSSR count). The molecule has 0 bridgehead atoms. The monoisotopic (exact) mass is 328 g/mol. The first kappa shape index (κ1) is 18.2. The molecule has 0 aromatic heterocycles. The Bertz CT molecular complexity index is 521. The third-order valence-electron chi connectivity index (χ3n) is 3.78. The topological polar surface area (TPSA) is 87.5 Å². The Hall–Kier alpha value is -1.86. The Morgan fingerprint density at radius 2 is 2.05 bits per heavy atom. The first-order chi connectivity index (χ1) is 10.1. The molecule has 0 saturated carbocycles. The van der Waals surface area contributed by atoms with Gasteiger partial charge in [-0.25, -0.2) is 0 Å². The van der Waals surface area contributed by atoms with Gasteiger partial charge in [0.1, 0.15) is 5.69 Å². The van der Waals surface area contributed by atoms with E-state index in [1.807, 2.05) is 0 Å². The maximum Gasteiger partial charge on any atom is 0.292 e. The molecule has 1 aliphatic heterocycles. The molecule has 7 nitrogen and oxygen atoms in total. The van der Waals surface area contributed by atoms with Crippen molar-refractivity contribution < 1.29 is 9.72 Å². The lowest BCUT2D eigenvalue weighted by atomic mass is 10.1. The molecule has 1 amide bonds. The predicted molar refractivity (Wildman–Crippen MR) is 87.5 cm³/mol. The minimum atomic E-state index is -0.455. The summed E-state index contributed by atoms with van der Waals surface area (Å²) in [6.07, 6.45) is 1.88. The van der Waals surface area contributed by atoms with Crippen LogP contribution in [0.5, 0.6) is 0 Å². The zero-order valence-corrected chi connectivity index (χ0v) is 13.3. The van der Waals surface area contributed by atoms with Crippen LogP contribution in [0.1, 0.15) is 12.8 Å². The van der Waals surface area contributed by atoms with E-state index in [0.29, 0.717) is 5.69 Å². The quantitative estimate of drug-likeness (QED) is 0.633. The van der Waals surface area contributed by atoms with Crippen LogP contribution < -0.4 is 10.6 Å². The second-order valence-electron chi connectivity index (χ2n) is 5.11. The van der Waals surface area contributed by atoms with Crippen molar-refractivity contribution >= 4 is 29.7 Å². The number of nitrogens with one attached hydrogen (secondary N) is 2. The van der Waals surface area contributed by atoms with Crippen molar-refractivity contribution in [3.63, 3.8) is 0 Å². The first-order valence-electron chi connectivity index (χ1n) is 7.03. The van der Waals surface area contributed by atoms with Gasteiger partial charge in [0, 0.05) is 19.2 Å². The van der Waals surface area contributed by atoms with E-state index in [2.05, 4.69) is 10.6 Å². The molecule has 0 unspecified atom stereocenters. The lowest BCUT2D eigenvalue weighted by Gasteiger charge is -2.31. The van der Waals surface area contributed by atoms with Crippen LogP contribution in [-0.4, -0.2) is 48.5 Å². The molecule has 0 aliphatic carbocycles. The van der Waals surface area contributed by atoms with Crippen LogP contribution in [0.15, 0.2) is 24.3 Å². The van der Waals surface area contributed by atoms with Gasteiger partial charge in [-0.05, 0) is 32.0 Å². The smallest absolute Gasteiger partial charge is 0.292 e. The summed E-state index contributed by atoms with van der Waals surface area (Å²) in [6.45, 7) is 1.89. The van der Waals surface area contributed by atoms with Crippen LogP contribution in [0.2, 0.25) is 0 Å². The molecular weight excluding hydrogens is 308 g/mol. The van der Waals surface area contributed by atoms with Gasteiger partial charge in [0.05, 0.1) is 11.5 Å². The highest BCUT2D eigenvalue weighted by atomic mass is 35.5. The van der Waals surface area contributed by atoms with E-state index in [0.717, 1.165) is 25.9 Å². The summed E-state index contributed by atoms with van der Waals surface area (Å²) in [5.74, 6) is -0.0555. The number of piperidine rings is 1. The largest absolute Gasteiger partial charge is 0.371 e. The van der Waals surface area contributed by atoms with E-state index in [4.69, 9.17) is 0 Å². The number of para-hydroxylation sites is 2. The Labute approximate surface area is 135 Å². The fraction of sp³-hybridized carbons (Fsp3) is 0.500. The van der Waals surface area contributed by atoms with Gasteiger partial charge in [-0.3, -0.25) is 14.9 Å². The number of hydrogen-bond acceptors (Lipinski definition) is 5. The van der Waals surface area contributed by atoms with Gasteiger partial charge in [-0.15, -0.1) is 12.4 Å². The van der Waals surface area contributed by atoms with Crippen molar-refractivity contribution in [1.29, 1.82) is 0 Å². The summed E-state index contributed by atoms with van der Waals surface area (Å²) in [6, 6.07) is 6.58. The highest BCUT2D eigenvalue weighted by Crippen LogP contribution is 2.23. The third kappa shape index (κ3) is 4.57. The van der Waals surface area contributed by atoms with E-state index < -0.39 is 4.92 Å². The third-order valence-corrected chi connectivity index (χ3v) is 3.78. The molecule has 1 aromatic carbocycles. The van der Waals surface area contributed by atoms with Gasteiger partial charge in [-0.1, -0.05) is 12.1 Å². The summed E-state index contributed by atoms with van der Waals surface area (Å²) >= 11 is 0. The van der Waals surface area contributed by atoms with Crippen molar-refractivity contribution in [1.82, 2.24) is 10.2 Å². The van der Waals surface area contributed by atoms with E-state index in [1.165, 1.54) is 6.07 Å². The molecule has 2 N–H and O–H groups in total. The maximum atomic E-state index is 12.2. The van der Waals surface area contributed by atoms with Gasteiger partial charge >= 0.3 is 0 Å². The molecule has 0 radical (unpaired) electrons. The number of carbonyl (C=O) groups is 1. The molecule has 8 heteroatoms. The average molecular weight is 329 g/mol. The van der Waals surface area contributed by atoms with Gasteiger partial charge in [0.2, 0.25) is 5.91 Å². The number of benzene rings is 1. The van der Waals surface area contributed by atoms with Crippen LogP contribution in [0.4, 0.5) is 11.4 Å². The zero-order chi connectivity index (χ0) is 15.2. The molecule has 0 atom stereocenters. The molecule has 1 aliphatic rings. The molecule has 122 valence electrons.